The lowest BCUT2D eigenvalue weighted by Crippen LogP contribution is -2.36. The van der Waals surface area contributed by atoms with Crippen molar-refractivity contribution in [2.75, 3.05) is 13.2 Å². The number of carbonyl (C=O) groups is 2. The van der Waals surface area contributed by atoms with Crippen LogP contribution in [0, 0.1) is 22.7 Å². The van der Waals surface area contributed by atoms with Crippen LogP contribution >= 0.6 is 0 Å². The van der Waals surface area contributed by atoms with E-state index in [2.05, 4.69) is 19.1 Å². The van der Waals surface area contributed by atoms with Gasteiger partial charge in [0.05, 0.1) is 24.5 Å². The molecule has 1 aromatic carbocycles. The zero-order valence-corrected chi connectivity index (χ0v) is 20.3. The maximum Gasteiger partial charge on any atom is 0.311 e. The van der Waals surface area contributed by atoms with E-state index in [1.807, 2.05) is 66.7 Å². The Morgan fingerprint density at radius 3 is 2.07 bits per heavy atom. The number of rotatable bonds is 11. The third kappa shape index (κ3) is 8.89. The van der Waals surface area contributed by atoms with Gasteiger partial charge in [0.1, 0.15) is 0 Å². The summed E-state index contributed by atoms with van der Waals surface area (Å²) in [5, 5.41) is 0. The van der Waals surface area contributed by atoms with Crippen molar-refractivity contribution >= 4 is 11.9 Å². The van der Waals surface area contributed by atoms with Gasteiger partial charge in [-0.15, -0.1) is 0 Å². The Morgan fingerprint density at radius 1 is 0.967 bits per heavy atom. The van der Waals surface area contributed by atoms with E-state index in [1.165, 1.54) is 5.56 Å². The van der Waals surface area contributed by atoms with Gasteiger partial charge in [-0.3, -0.25) is 9.59 Å². The first-order chi connectivity index (χ1) is 13.9. The minimum absolute atomic E-state index is 0.0955. The molecule has 0 aliphatic carbocycles. The molecule has 3 unspecified atom stereocenters. The second kappa shape index (κ2) is 11.5. The number of ether oxygens (including phenoxy) is 2. The first kappa shape index (κ1) is 26.2. The Morgan fingerprint density at radius 2 is 1.57 bits per heavy atom. The minimum Gasteiger partial charge on any atom is -0.465 e. The quantitative estimate of drug-likeness (QED) is 0.391. The Bertz CT molecular complexity index is 659. The molecule has 0 saturated heterocycles. The van der Waals surface area contributed by atoms with E-state index in [0.29, 0.717) is 32.5 Å². The molecule has 1 rings (SSSR count). The second-order valence-electron chi connectivity index (χ2n) is 10.5. The summed E-state index contributed by atoms with van der Waals surface area (Å²) < 4.78 is 11.2. The van der Waals surface area contributed by atoms with Gasteiger partial charge in [-0.2, -0.15) is 0 Å². The smallest absolute Gasteiger partial charge is 0.311 e. The van der Waals surface area contributed by atoms with E-state index in [0.717, 1.165) is 0 Å². The topological polar surface area (TPSA) is 52.6 Å². The van der Waals surface area contributed by atoms with Crippen molar-refractivity contribution in [2.24, 2.45) is 22.7 Å². The number of benzene rings is 1. The maximum atomic E-state index is 13.0. The van der Waals surface area contributed by atoms with Crippen LogP contribution in [-0.4, -0.2) is 25.2 Å². The minimum atomic E-state index is -0.719. The fourth-order valence-corrected chi connectivity index (χ4v) is 3.35. The molecule has 0 aliphatic rings. The van der Waals surface area contributed by atoms with Crippen molar-refractivity contribution in [2.45, 2.75) is 80.6 Å². The SMILES string of the molecule is CCC(C)(CC(CC(C)c1ccccc1)C(=O)OCC(C)C)C(=O)OCC(C)(C)C. The van der Waals surface area contributed by atoms with E-state index < -0.39 is 5.41 Å². The third-order valence-corrected chi connectivity index (χ3v) is 5.51. The molecule has 0 radical (unpaired) electrons. The molecule has 0 N–H and O–H groups in total. The Balaban J connectivity index is 3.00. The van der Waals surface area contributed by atoms with Crippen LogP contribution in [0.2, 0.25) is 0 Å². The van der Waals surface area contributed by atoms with Crippen LogP contribution in [0.3, 0.4) is 0 Å². The van der Waals surface area contributed by atoms with Crippen LogP contribution in [0.15, 0.2) is 30.3 Å². The highest BCUT2D eigenvalue weighted by Gasteiger charge is 2.39. The fraction of sp³-hybridized carbons (Fsp3) is 0.692. The summed E-state index contributed by atoms with van der Waals surface area (Å²) in [6.07, 6.45) is 1.69. The summed E-state index contributed by atoms with van der Waals surface area (Å²) in [5.74, 6) is -0.334. The van der Waals surface area contributed by atoms with Crippen LogP contribution in [0.25, 0.3) is 0 Å². The zero-order valence-electron chi connectivity index (χ0n) is 20.3. The van der Waals surface area contributed by atoms with Gasteiger partial charge in [0.25, 0.3) is 0 Å². The number of hydrogen-bond donors (Lipinski definition) is 0. The summed E-state index contributed by atoms with van der Waals surface area (Å²) in [6, 6.07) is 10.2. The Hall–Kier alpha value is -1.84. The standard InChI is InChI=1S/C26H42O4/c1-9-26(8,24(28)30-18-25(5,6)7)16-22(23(27)29-17-19(2)3)15-20(4)21-13-11-10-12-14-21/h10-14,19-20,22H,9,15-18H2,1-8H3. The van der Waals surface area contributed by atoms with E-state index >= 15 is 0 Å². The van der Waals surface area contributed by atoms with Gasteiger partial charge in [-0.1, -0.05) is 78.8 Å². The first-order valence-electron chi connectivity index (χ1n) is 11.3. The molecule has 4 nitrogen and oxygen atoms in total. The van der Waals surface area contributed by atoms with Gasteiger partial charge in [-0.25, -0.2) is 0 Å². The fourth-order valence-electron chi connectivity index (χ4n) is 3.35. The van der Waals surface area contributed by atoms with Gasteiger partial charge < -0.3 is 9.47 Å². The van der Waals surface area contributed by atoms with Crippen molar-refractivity contribution in [3.8, 4) is 0 Å². The molecule has 4 heteroatoms. The average molecular weight is 419 g/mol. The molecule has 0 aliphatic heterocycles. The maximum absolute atomic E-state index is 13.0. The summed E-state index contributed by atoms with van der Waals surface area (Å²) in [4.78, 5) is 25.9. The molecule has 0 amide bonds. The summed E-state index contributed by atoms with van der Waals surface area (Å²) in [5.41, 5.74) is 0.373. The van der Waals surface area contributed by atoms with Gasteiger partial charge in [0.2, 0.25) is 0 Å². The summed E-state index contributed by atoms with van der Waals surface area (Å²) >= 11 is 0. The van der Waals surface area contributed by atoms with Crippen molar-refractivity contribution in [1.82, 2.24) is 0 Å². The van der Waals surface area contributed by atoms with Crippen LogP contribution in [0.4, 0.5) is 0 Å². The van der Waals surface area contributed by atoms with E-state index in [9.17, 15) is 9.59 Å². The highest BCUT2D eigenvalue weighted by molar-refractivity contribution is 5.78. The van der Waals surface area contributed by atoms with Gasteiger partial charge in [0, 0.05) is 0 Å². The van der Waals surface area contributed by atoms with Crippen molar-refractivity contribution < 1.29 is 19.1 Å². The third-order valence-electron chi connectivity index (χ3n) is 5.51. The van der Waals surface area contributed by atoms with Crippen LogP contribution in [0.1, 0.15) is 86.1 Å². The molecule has 1 aromatic rings. The lowest BCUT2D eigenvalue weighted by atomic mass is 9.75. The lowest BCUT2D eigenvalue weighted by molar-refractivity contribution is -0.161. The van der Waals surface area contributed by atoms with Crippen LogP contribution in [0.5, 0.6) is 0 Å². The van der Waals surface area contributed by atoms with Gasteiger partial charge in [0.15, 0.2) is 0 Å². The van der Waals surface area contributed by atoms with Crippen molar-refractivity contribution in [3.05, 3.63) is 35.9 Å². The van der Waals surface area contributed by atoms with E-state index in [-0.39, 0.29) is 35.1 Å². The normalized spacial score (nSPS) is 15.9. The summed E-state index contributed by atoms with van der Waals surface area (Å²) in [7, 11) is 0. The number of hydrogen-bond acceptors (Lipinski definition) is 4. The predicted octanol–water partition coefficient (Wildman–Crippen LogP) is 6.39. The van der Waals surface area contributed by atoms with Crippen LogP contribution in [-0.2, 0) is 19.1 Å². The molecule has 0 spiro atoms. The molecule has 0 fully saturated rings. The number of esters is 2. The molecule has 0 heterocycles. The van der Waals surface area contributed by atoms with Crippen LogP contribution < -0.4 is 0 Å². The van der Waals surface area contributed by atoms with Crippen molar-refractivity contribution in [3.63, 3.8) is 0 Å². The molecule has 30 heavy (non-hydrogen) atoms. The Labute approximate surface area is 183 Å². The van der Waals surface area contributed by atoms with E-state index in [1.54, 1.807) is 0 Å². The van der Waals surface area contributed by atoms with Gasteiger partial charge >= 0.3 is 11.9 Å². The average Bonchev–Trinajstić information content (AvgIpc) is 2.69. The molecule has 3 atom stereocenters. The predicted molar refractivity (Wildman–Crippen MR) is 122 cm³/mol. The molecule has 170 valence electrons. The second-order valence-corrected chi connectivity index (χ2v) is 10.5. The molecule has 0 saturated carbocycles. The molecule has 0 bridgehead atoms. The zero-order chi connectivity index (χ0) is 22.9. The molecular formula is C26H42O4. The largest absolute Gasteiger partial charge is 0.465 e. The monoisotopic (exact) mass is 418 g/mol. The first-order valence-corrected chi connectivity index (χ1v) is 11.3. The number of carbonyl (C=O) groups excluding carboxylic acids is 2. The van der Waals surface area contributed by atoms with Gasteiger partial charge in [-0.05, 0) is 49.0 Å². The highest BCUT2D eigenvalue weighted by atomic mass is 16.5. The van der Waals surface area contributed by atoms with E-state index in [4.69, 9.17) is 9.47 Å². The molecular weight excluding hydrogens is 376 g/mol. The molecule has 0 aromatic heterocycles. The highest BCUT2D eigenvalue weighted by Crippen LogP contribution is 2.37. The van der Waals surface area contributed by atoms with Crippen molar-refractivity contribution in [1.29, 1.82) is 0 Å². The summed E-state index contributed by atoms with van der Waals surface area (Å²) in [6.45, 7) is 16.9. The Kier molecular flexibility index (Phi) is 10.1. The lowest BCUT2D eigenvalue weighted by Gasteiger charge is -2.32.